The zero-order valence-electron chi connectivity index (χ0n) is 6.80. The molecule has 0 amide bonds. The smallest absolute Gasteiger partial charge is 0.308 e. The van der Waals surface area contributed by atoms with Gasteiger partial charge >= 0.3 is 12.1 Å². The zero-order chi connectivity index (χ0) is 10.1. The SMILES string of the molecule is FC(F)(F)C(F)(F)C1CCCCN1. The molecule has 1 nitrogen and oxygen atoms in total. The van der Waals surface area contributed by atoms with Gasteiger partial charge < -0.3 is 5.32 Å². The first-order chi connectivity index (χ1) is 5.86. The molecule has 6 heteroatoms. The highest BCUT2D eigenvalue weighted by molar-refractivity contribution is 4.91. The highest BCUT2D eigenvalue weighted by atomic mass is 19.4. The molecule has 78 valence electrons. The maximum absolute atomic E-state index is 12.6. The molecule has 0 aromatic heterocycles. The molecule has 0 saturated carbocycles. The summed E-state index contributed by atoms with van der Waals surface area (Å²) in [5.41, 5.74) is 0. The molecule has 0 aliphatic carbocycles. The van der Waals surface area contributed by atoms with E-state index in [1.54, 1.807) is 0 Å². The van der Waals surface area contributed by atoms with E-state index in [9.17, 15) is 22.0 Å². The minimum Gasteiger partial charge on any atom is -0.308 e. The molecule has 1 heterocycles. The van der Waals surface area contributed by atoms with Crippen molar-refractivity contribution >= 4 is 0 Å². The van der Waals surface area contributed by atoms with Crippen LogP contribution in [0.1, 0.15) is 19.3 Å². The molecule has 0 aromatic rings. The molecule has 13 heavy (non-hydrogen) atoms. The van der Waals surface area contributed by atoms with E-state index >= 15 is 0 Å². The topological polar surface area (TPSA) is 12.0 Å². The van der Waals surface area contributed by atoms with Gasteiger partial charge in [0.15, 0.2) is 0 Å². The van der Waals surface area contributed by atoms with E-state index < -0.39 is 18.1 Å². The summed E-state index contributed by atoms with van der Waals surface area (Å²) in [6.45, 7) is 0.232. The van der Waals surface area contributed by atoms with Gasteiger partial charge in [0.2, 0.25) is 0 Å². The first-order valence-corrected chi connectivity index (χ1v) is 4.03. The van der Waals surface area contributed by atoms with Gasteiger partial charge in [0.1, 0.15) is 0 Å². The second-order valence-corrected chi connectivity index (χ2v) is 3.12. The summed E-state index contributed by atoms with van der Waals surface area (Å²) in [5.74, 6) is -4.60. The lowest BCUT2D eigenvalue weighted by Crippen LogP contribution is -2.55. The second-order valence-electron chi connectivity index (χ2n) is 3.12. The van der Waals surface area contributed by atoms with Crippen molar-refractivity contribution < 1.29 is 22.0 Å². The summed E-state index contributed by atoms with van der Waals surface area (Å²) in [5, 5.41) is 2.20. The highest BCUT2D eigenvalue weighted by Gasteiger charge is 2.62. The van der Waals surface area contributed by atoms with E-state index in [4.69, 9.17) is 0 Å². The van der Waals surface area contributed by atoms with Gasteiger partial charge in [-0.2, -0.15) is 22.0 Å². The Labute approximate surface area is 72.3 Å². The summed E-state index contributed by atoms with van der Waals surface area (Å²) >= 11 is 0. The van der Waals surface area contributed by atoms with Crippen LogP contribution in [-0.4, -0.2) is 24.7 Å². The maximum atomic E-state index is 12.6. The van der Waals surface area contributed by atoms with Crippen molar-refractivity contribution in [1.29, 1.82) is 0 Å². The molecule has 0 radical (unpaired) electrons. The lowest BCUT2D eigenvalue weighted by atomic mass is 9.99. The van der Waals surface area contributed by atoms with Crippen molar-refractivity contribution in [3.05, 3.63) is 0 Å². The number of halogens is 5. The minimum absolute atomic E-state index is 0.119. The van der Waals surface area contributed by atoms with E-state index in [0.29, 0.717) is 12.8 Å². The van der Waals surface area contributed by atoms with Crippen LogP contribution in [-0.2, 0) is 0 Å². The molecule has 1 unspecified atom stereocenters. The summed E-state index contributed by atoms with van der Waals surface area (Å²) in [4.78, 5) is 0. The molecule has 0 spiro atoms. The maximum Gasteiger partial charge on any atom is 0.454 e. The predicted molar refractivity (Wildman–Crippen MR) is 36.6 cm³/mol. The van der Waals surface area contributed by atoms with Gasteiger partial charge in [-0.15, -0.1) is 0 Å². The van der Waals surface area contributed by atoms with Crippen LogP contribution < -0.4 is 5.32 Å². The fourth-order valence-electron chi connectivity index (χ4n) is 1.36. The Bertz CT molecular complexity index is 170. The normalized spacial score (nSPS) is 26.1. The van der Waals surface area contributed by atoms with E-state index in [1.807, 2.05) is 0 Å². The van der Waals surface area contributed by atoms with Gasteiger partial charge in [-0.05, 0) is 19.4 Å². The molecule has 1 N–H and O–H groups in total. The molecule has 1 aliphatic heterocycles. The lowest BCUT2D eigenvalue weighted by Gasteiger charge is -2.32. The monoisotopic (exact) mass is 203 g/mol. The number of piperidine rings is 1. The van der Waals surface area contributed by atoms with Gasteiger partial charge in [0.05, 0.1) is 6.04 Å². The summed E-state index contributed by atoms with van der Waals surface area (Å²) in [6, 6.07) is -1.75. The molecule has 0 aromatic carbocycles. The predicted octanol–water partition coefficient (Wildman–Crippen LogP) is 2.33. The molecular formula is C7H10F5N. The molecule has 1 saturated heterocycles. The first-order valence-electron chi connectivity index (χ1n) is 4.03. The molecule has 1 rings (SSSR count). The summed E-state index contributed by atoms with van der Waals surface area (Å²) < 4.78 is 60.7. The third-order valence-corrected chi connectivity index (χ3v) is 2.13. The van der Waals surface area contributed by atoms with Crippen molar-refractivity contribution in [3.8, 4) is 0 Å². The number of rotatable bonds is 1. The number of nitrogens with one attached hydrogen (secondary N) is 1. The van der Waals surface area contributed by atoms with Crippen molar-refractivity contribution in [1.82, 2.24) is 5.32 Å². The van der Waals surface area contributed by atoms with Crippen LogP contribution in [0.3, 0.4) is 0 Å². The van der Waals surface area contributed by atoms with Crippen LogP contribution in [0.2, 0.25) is 0 Å². The van der Waals surface area contributed by atoms with Crippen molar-refractivity contribution in [3.63, 3.8) is 0 Å². The van der Waals surface area contributed by atoms with Crippen molar-refractivity contribution in [2.24, 2.45) is 0 Å². The van der Waals surface area contributed by atoms with E-state index in [-0.39, 0.29) is 13.0 Å². The third-order valence-electron chi connectivity index (χ3n) is 2.13. The molecule has 0 bridgehead atoms. The highest BCUT2D eigenvalue weighted by Crippen LogP contribution is 2.40. The number of hydrogen-bond acceptors (Lipinski definition) is 1. The Morgan fingerprint density at radius 3 is 2.00 bits per heavy atom. The molecular weight excluding hydrogens is 193 g/mol. The van der Waals surface area contributed by atoms with Gasteiger partial charge in [0.25, 0.3) is 0 Å². The molecule has 1 aliphatic rings. The first kappa shape index (κ1) is 10.7. The third kappa shape index (κ3) is 2.10. The van der Waals surface area contributed by atoms with Crippen molar-refractivity contribution in [2.45, 2.75) is 37.4 Å². The minimum atomic E-state index is -5.44. The van der Waals surface area contributed by atoms with Crippen LogP contribution >= 0.6 is 0 Å². The fourth-order valence-corrected chi connectivity index (χ4v) is 1.36. The average Bonchev–Trinajstić information content (AvgIpc) is 2.04. The van der Waals surface area contributed by atoms with Crippen LogP contribution in [0.4, 0.5) is 22.0 Å². The van der Waals surface area contributed by atoms with E-state index in [0.717, 1.165) is 0 Å². The lowest BCUT2D eigenvalue weighted by molar-refractivity contribution is -0.294. The Morgan fingerprint density at radius 1 is 1.00 bits per heavy atom. The summed E-state index contributed by atoms with van der Waals surface area (Å²) in [6.07, 6.45) is -4.48. The van der Waals surface area contributed by atoms with Crippen LogP contribution in [0, 0.1) is 0 Å². The quantitative estimate of drug-likeness (QED) is 0.645. The van der Waals surface area contributed by atoms with Crippen molar-refractivity contribution in [2.75, 3.05) is 6.54 Å². The van der Waals surface area contributed by atoms with E-state index in [2.05, 4.69) is 5.32 Å². The Hall–Kier alpha value is -0.390. The van der Waals surface area contributed by atoms with Gasteiger partial charge in [-0.25, -0.2) is 0 Å². The fraction of sp³-hybridized carbons (Fsp3) is 1.00. The summed E-state index contributed by atoms with van der Waals surface area (Å²) in [7, 11) is 0. The van der Waals surface area contributed by atoms with Crippen LogP contribution in [0.15, 0.2) is 0 Å². The Morgan fingerprint density at radius 2 is 1.62 bits per heavy atom. The molecule has 1 fully saturated rings. The van der Waals surface area contributed by atoms with E-state index in [1.165, 1.54) is 0 Å². The number of hydrogen-bond donors (Lipinski definition) is 1. The molecule has 1 atom stereocenters. The van der Waals surface area contributed by atoms with Gasteiger partial charge in [-0.3, -0.25) is 0 Å². The largest absolute Gasteiger partial charge is 0.454 e. The van der Waals surface area contributed by atoms with Gasteiger partial charge in [0, 0.05) is 0 Å². The van der Waals surface area contributed by atoms with Crippen LogP contribution in [0.25, 0.3) is 0 Å². The Kier molecular flexibility index (Phi) is 2.79. The average molecular weight is 203 g/mol. The second kappa shape index (κ2) is 3.40. The zero-order valence-corrected chi connectivity index (χ0v) is 6.80. The Balaban J connectivity index is 2.67. The standard InChI is InChI=1S/C7H10F5N/c8-6(9,7(10,11)12)5-3-1-2-4-13-5/h5,13H,1-4H2. The van der Waals surface area contributed by atoms with Gasteiger partial charge in [-0.1, -0.05) is 6.42 Å². The van der Waals surface area contributed by atoms with Crippen LogP contribution in [0.5, 0.6) is 0 Å². The number of alkyl halides is 5.